The van der Waals surface area contributed by atoms with Crippen molar-refractivity contribution in [3.8, 4) is 11.1 Å². The van der Waals surface area contributed by atoms with Gasteiger partial charge in [0.25, 0.3) is 5.56 Å². The highest BCUT2D eigenvalue weighted by molar-refractivity contribution is 7.80. The lowest BCUT2D eigenvalue weighted by Crippen LogP contribution is -2.57. The number of carbonyl (C=O) groups excluding carboxylic acids is 5. The molecule has 4 aromatic rings. The summed E-state index contributed by atoms with van der Waals surface area (Å²) in [5.74, 6) is -13.1. The smallest absolute Gasteiger partial charge is 0.331 e. The van der Waals surface area contributed by atoms with Gasteiger partial charge in [0.15, 0.2) is 0 Å². The third kappa shape index (κ3) is 17.4. The Morgan fingerprint density at radius 2 is 1.21 bits per heavy atom. The molecule has 0 spiro atoms. The molecule has 0 saturated carbocycles. The molecule has 408 valence electrons. The molecule has 0 unspecified atom stereocenters. The Hall–Kier alpha value is -8.30. The first kappa shape index (κ1) is 60.3. The summed E-state index contributed by atoms with van der Waals surface area (Å²) in [6.45, 7) is -0.0113. The van der Waals surface area contributed by atoms with Crippen molar-refractivity contribution in [3.63, 3.8) is 0 Å². The molecule has 1 heterocycles. The minimum Gasteiger partial charge on any atom is -0.481 e. The van der Waals surface area contributed by atoms with Gasteiger partial charge in [0, 0.05) is 48.9 Å². The topological polar surface area (TPSA) is 391 Å². The van der Waals surface area contributed by atoms with E-state index in [-0.39, 0.29) is 42.0 Å². The number of aromatic nitrogens is 2. The van der Waals surface area contributed by atoms with Crippen LogP contribution in [-0.4, -0.2) is 125 Å². The summed E-state index contributed by atoms with van der Waals surface area (Å²) >= 11 is 3.79. The highest BCUT2D eigenvalue weighted by Gasteiger charge is 2.30. The van der Waals surface area contributed by atoms with Crippen LogP contribution in [-0.2, 0) is 62.7 Å². The fraction of sp³-hybridized carbons (Fsp3) is 0.367. The Morgan fingerprint density at radius 3 is 1.78 bits per heavy atom. The molecule has 4 rings (SSSR count). The number of hydrogen-bond acceptors (Lipinski definition) is 14. The van der Waals surface area contributed by atoms with Crippen LogP contribution in [0.2, 0.25) is 0 Å². The van der Waals surface area contributed by atoms with E-state index in [0.29, 0.717) is 11.1 Å². The number of halogens is 2. The van der Waals surface area contributed by atoms with Crippen molar-refractivity contribution >= 4 is 66.0 Å². The number of nitrogens with two attached hydrogens (primary N) is 2. The summed E-state index contributed by atoms with van der Waals surface area (Å²) in [4.78, 5) is 138. The lowest BCUT2D eigenvalue weighted by atomic mass is 10.00. The molecule has 0 aliphatic rings. The van der Waals surface area contributed by atoms with Gasteiger partial charge in [-0.25, -0.2) is 28.0 Å². The molecule has 5 amide bonds. The Balaban J connectivity index is 1.35. The quantitative estimate of drug-likeness (QED) is 0.0306. The standard InChI is InChI=1S/C49H57F2N9O15S/c1-25-42(45(68)60(23-33(53)27-8-3-2-4-9-27)49(75)59(25)22-29-30(50)11-6-12-31(29)51)28-10-5-7-26(19-28)13-16-39(62)55-35(47(71)72)15-18-40(63)56-34(46(69)70)14-17-38(61)54-21-32(52)43(66)57-36(20-41(64)65)44(67)58-37(24-76)48(73)74/h2-12,19,32-37,76H,13-18,20-24,52-53H2,1H3,(H,54,61)(H,55,62)(H,56,63)(H,57,66)(H,58,67)(H,64,65)(H,69,70)(H,71,72)(H,73,74)/t32-,33-,34+,35-,36-,37-/m0/s1. The van der Waals surface area contributed by atoms with Crippen LogP contribution in [0.15, 0.2) is 82.4 Å². The average Bonchev–Trinajstić information content (AvgIpc) is 3.37. The second kappa shape index (κ2) is 28.4. The van der Waals surface area contributed by atoms with Gasteiger partial charge in [-0.1, -0.05) is 60.7 Å². The largest absolute Gasteiger partial charge is 0.481 e. The number of aryl methyl sites for hydroxylation is 1. The molecule has 24 nitrogen and oxygen atoms in total. The monoisotopic (exact) mass is 1080 g/mol. The van der Waals surface area contributed by atoms with Gasteiger partial charge in [0.2, 0.25) is 29.5 Å². The molecule has 0 aliphatic carbocycles. The van der Waals surface area contributed by atoms with Crippen LogP contribution in [0, 0.1) is 18.6 Å². The maximum absolute atomic E-state index is 14.9. The second-order valence-electron chi connectivity index (χ2n) is 17.3. The molecular weight excluding hydrogens is 1020 g/mol. The number of nitrogens with zero attached hydrogens (tertiary/aromatic N) is 2. The number of carboxylic acids is 4. The van der Waals surface area contributed by atoms with E-state index in [4.69, 9.17) is 21.7 Å². The lowest BCUT2D eigenvalue weighted by Gasteiger charge is -2.21. The Kier molecular flexibility index (Phi) is 22.5. The highest BCUT2D eigenvalue weighted by atomic mass is 32.1. The lowest BCUT2D eigenvalue weighted by molar-refractivity contribution is -0.143. The van der Waals surface area contributed by atoms with Crippen LogP contribution in [0.4, 0.5) is 8.78 Å². The number of benzene rings is 3. The molecule has 0 aliphatic heterocycles. The van der Waals surface area contributed by atoms with E-state index in [1.807, 2.05) is 5.32 Å². The van der Waals surface area contributed by atoms with E-state index in [9.17, 15) is 71.7 Å². The third-order valence-corrected chi connectivity index (χ3v) is 12.1. The maximum atomic E-state index is 14.9. The number of thiol groups is 1. The first-order valence-corrected chi connectivity index (χ1v) is 23.9. The number of aliphatic carboxylic acids is 4. The van der Waals surface area contributed by atoms with Crippen LogP contribution in [0.3, 0.4) is 0 Å². The van der Waals surface area contributed by atoms with E-state index >= 15 is 0 Å². The molecule has 0 radical (unpaired) electrons. The van der Waals surface area contributed by atoms with Gasteiger partial charge in [-0.05, 0) is 55.0 Å². The normalized spacial score (nSPS) is 13.4. The molecule has 76 heavy (non-hydrogen) atoms. The van der Waals surface area contributed by atoms with Crippen LogP contribution in [0.1, 0.15) is 67.0 Å². The van der Waals surface area contributed by atoms with Gasteiger partial charge in [-0.2, -0.15) is 12.6 Å². The van der Waals surface area contributed by atoms with Crippen LogP contribution in [0.5, 0.6) is 0 Å². The summed E-state index contributed by atoms with van der Waals surface area (Å²) in [5.41, 5.74) is 11.6. The van der Waals surface area contributed by atoms with Gasteiger partial charge in [-0.3, -0.25) is 42.7 Å². The molecule has 3 aromatic carbocycles. The van der Waals surface area contributed by atoms with Gasteiger partial charge in [0.1, 0.15) is 41.8 Å². The van der Waals surface area contributed by atoms with E-state index in [2.05, 4.69) is 33.9 Å². The van der Waals surface area contributed by atoms with Crippen molar-refractivity contribution < 1.29 is 72.4 Å². The third-order valence-electron chi connectivity index (χ3n) is 11.8. The van der Waals surface area contributed by atoms with Crippen LogP contribution in [0.25, 0.3) is 11.1 Å². The minimum atomic E-state index is -1.76. The predicted molar refractivity (Wildman–Crippen MR) is 268 cm³/mol. The SMILES string of the molecule is Cc1c(-c2cccc(CCC(=O)N[C@@H](CCC(=O)N[C@H](CCC(=O)NC[C@H](N)C(=O)N[C@@H](CC(=O)O)C(=O)N[C@@H](CS)C(=O)O)C(=O)O)C(=O)O)c2)c(=O)n(C[C@H](N)c2ccccc2)c(=O)n1Cc1c(F)cccc1F. The summed E-state index contributed by atoms with van der Waals surface area (Å²) in [6, 6.07) is 9.22. The predicted octanol–water partition coefficient (Wildman–Crippen LogP) is -0.454. The Labute approximate surface area is 436 Å². The van der Waals surface area contributed by atoms with Crippen LogP contribution >= 0.6 is 12.6 Å². The first-order valence-electron chi connectivity index (χ1n) is 23.3. The van der Waals surface area contributed by atoms with Crippen LogP contribution < -0.4 is 49.3 Å². The summed E-state index contributed by atoms with van der Waals surface area (Å²) < 4.78 is 31.8. The zero-order valence-corrected chi connectivity index (χ0v) is 41.6. The number of carboxylic acid groups (broad SMARTS) is 4. The number of carbonyl (C=O) groups is 9. The number of hydrogen-bond donors (Lipinski definition) is 12. The zero-order chi connectivity index (χ0) is 56.4. The highest BCUT2D eigenvalue weighted by Crippen LogP contribution is 2.23. The van der Waals surface area contributed by atoms with Gasteiger partial charge >= 0.3 is 29.6 Å². The fourth-order valence-electron chi connectivity index (χ4n) is 7.59. The van der Waals surface area contributed by atoms with E-state index < -0.39 is 163 Å². The number of nitrogens with one attached hydrogen (secondary N) is 5. The summed E-state index contributed by atoms with van der Waals surface area (Å²) in [7, 11) is 0. The molecule has 13 N–H and O–H groups in total. The number of amides is 5. The molecule has 0 fully saturated rings. The Bertz CT molecular complexity index is 2920. The van der Waals surface area contributed by atoms with Crippen molar-refractivity contribution in [1.29, 1.82) is 0 Å². The average molecular weight is 1080 g/mol. The molecule has 1 aromatic heterocycles. The van der Waals surface area contributed by atoms with Crippen molar-refractivity contribution in [2.45, 2.75) is 101 Å². The van der Waals surface area contributed by atoms with Gasteiger partial charge in [0.05, 0.1) is 25.1 Å². The van der Waals surface area contributed by atoms with Crippen molar-refractivity contribution in [2.75, 3.05) is 12.3 Å². The van der Waals surface area contributed by atoms with Gasteiger partial charge < -0.3 is 58.5 Å². The summed E-state index contributed by atoms with van der Waals surface area (Å²) in [6.07, 6.45) is -3.40. The molecule has 6 atom stereocenters. The fourth-order valence-corrected chi connectivity index (χ4v) is 7.84. The second-order valence-corrected chi connectivity index (χ2v) is 17.7. The Morgan fingerprint density at radius 1 is 0.658 bits per heavy atom. The first-order chi connectivity index (χ1) is 35.9. The van der Waals surface area contributed by atoms with Crippen molar-refractivity contribution in [3.05, 3.63) is 128 Å². The summed E-state index contributed by atoms with van der Waals surface area (Å²) in [5, 5.41) is 48.7. The van der Waals surface area contributed by atoms with Gasteiger partial charge in [-0.15, -0.1) is 0 Å². The molecule has 27 heteroatoms. The van der Waals surface area contributed by atoms with Crippen molar-refractivity contribution in [1.82, 2.24) is 35.7 Å². The minimum absolute atomic E-state index is 0.00373. The molecular formula is C49H57F2N9O15S. The van der Waals surface area contributed by atoms with Crippen molar-refractivity contribution in [2.24, 2.45) is 11.5 Å². The molecule has 0 saturated heterocycles. The van der Waals surface area contributed by atoms with E-state index in [0.717, 1.165) is 21.3 Å². The van der Waals surface area contributed by atoms with E-state index in [1.165, 1.54) is 13.0 Å². The maximum Gasteiger partial charge on any atom is 0.331 e. The molecule has 0 bridgehead atoms. The number of rotatable bonds is 29. The zero-order valence-electron chi connectivity index (χ0n) is 40.7. The van der Waals surface area contributed by atoms with E-state index in [1.54, 1.807) is 54.6 Å².